The summed E-state index contributed by atoms with van der Waals surface area (Å²) >= 11 is 0. The molecule has 0 unspecified atom stereocenters. The predicted octanol–water partition coefficient (Wildman–Crippen LogP) is 3.04. The van der Waals surface area contributed by atoms with Gasteiger partial charge in [-0.3, -0.25) is 0 Å². The van der Waals surface area contributed by atoms with Gasteiger partial charge < -0.3 is 5.32 Å². The Kier molecular flexibility index (Phi) is 10.9. The van der Waals surface area contributed by atoms with Gasteiger partial charge in [-0.2, -0.15) is 0 Å². The molecule has 0 fully saturated rings. The summed E-state index contributed by atoms with van der Waals surface area (Å²) < 4.78 is 0. The molecule has 0 saturated heterocycles. The van der Waals surface area contributed by atoms with Crippen LogP contribution in [0.5, 0.6) is 0 Å². The van der Waals surface area contributed by atoms with Crippen LogP contribution in [0.4, 0.5) is 0 Å². The standard InChI is InChI=1S/C9H15N.C2H4/c1-5-9(8(2)3)6-7-10-4;1-2/h5-7,10H,1H2,2-4H3;1-2H2/b7-6-;. The second-order valence-electron chi connectivity index (χ2n) is 2.28. The van der Waals surface area contributed by atoms with Gasteiger partial charge in [0.05, 0.1) is 0 Å². The van der Waals surface area contributed by atoms with Crippen LogP contribution in [-0.2, 0) is 0 Å². The zero-order valence-electron chi connectivity index (χ0n) is 8.35. The normalized spacial score (nSPS) is 8.25. The molecule has 0 saturated carbocycles. The molecular weight excluding hydrogens is 146 g/mol. The molecule has 12 heavy (non-hydrogen) atoms. The van der Waals surface area contributed by atoms with E-state index in [1.165, 1.54) is 11.1 Å². The Balaban J connectivity index is 0. The van der Waals surface area contributed by atoms with E-state index < -0.39 is 0 Å². The molecule has 0 bridgehead atoms. The second kappa shape index (κ2) is 9.76. The van der Waals surface area contributed by atoms with Crippen molar-refractivity contribution in [2.45, 2.75) is 13.8 Å². The smallest absolute Gasteiger partial charge is 0.00277 e. The molecule has 0 amide bonds. The lowest BCUT2D eigenvalue weighted by Crippen LogP contribution is -1.91. The minimum Gasteiger partial charge on any atom is -0.394 e. The van der Waals surface area contributed by atoms with Crippen molar-refractivity contribution in [3.63, 3.8) is 0 Å². The van der Waals surface area contributed by atoms with Crippen molar-refractivity contribution in [1.82, 2.24) is 5.32 Å². The Hall–Kier alpha value is -1.24. The van der Waals surface area contributed by atoms with Crippen LogP contribution >= 0.6 is 0 Å². The molecule has 0 aromatic carbocycles. The van der Waals surface area contributed by atoms with Crippen molar-refractivity contribution in [3.05, 3.63) is 49.2 Å². The van der Waals surface area contributed by atoms with Gasteiger partial charge in [-0.1, -0.05) is 18.2 Å². The van der Waals surface area contributed by atoms with Crippen molar-refractivity contribution in [2.24, 2.45) is 0 Å². The van der Waals surface area contributed by atoms with E-state index >= 15 is 0 Å². The molecule has 0 heterocycles. The number of allylic oxidation sites excluding steroid dienone is 4. The summed E-state index contributed by atoms with van der Waals surface area (Å²) in [6, 6.07) is 0. The van der Waals surface area contributed by atoms with Crippen LogP contribution in [0, 0.1) is 0 Å². The highest BCUT2D eigenvalue weighted by Crippen LogP contribution is 2.04. The van der Waals surface area contributed by atoms with Crippen molar-refractivity contribution in [3.8, 4) is 0 Å². The Morgan fingerprint density at radius 3 is 2.00 bits per heavy atom. The van der Waals surface area contributed by atoms with Crippen molar-refractivity contribution in [2.75, 3.05) is 7.05 Å². The third kappa shape index (κ3) is 6.87. The van der Waals surface area contributed by atoms with E-state index in [1.807, 2.05) is 25.4 Å². The van der Waals surface area contributed by atoms with Gasteiger partial charge in [0.1, 0.15) is 0 Å². The molecule has 0 aliphatic heterocycles. The topological polar surface area (TPSA) is 12.0 Å². The molecule has 1 N–H and O–H groups in total. The Bertz CT molecular complexity index is 171. The quantitative estimate of drug-likeness (QED) is 0.500. The van der Waals surface area contributed by atoms with Crippen molar-refractivity contribution < 1.29 is 0 Å². The van der Waals surface area contributed by atoms with E-state index in [1.54, 1.807) is 0 Å². The molecule has 1 heteroatoms. The third-order valence-electron chi connectivity index (χ3n) is 1.23. The molecular formula is C11H19N. The summed E-state index contributed by atoms with van der Waals surface area (Å²) in [5.74, 6) is 0. The lowest BCUT2D eigenvalue weighted by molar-refractivity contribution is 1.10. The molecule has 0 aliphatic carbocycles. The van der Waals surface area contributed by atoms with Gasteiger partial charge in [0.25, 0.3) is 0 Å². The van der Waals surface area contributed by atoms with Gasteiger partial charge in [0.2, 0.25) is 0 Å². The van der Waals surface area contributed by atoms with Crippen LogP contribution in [0.3, 0.4) is 0 Å². The minimum atomic E-state index is 1.18. The molecule has 0 radical (unpaired) electrons. The van der Waals surface area contributed by atoms with Gasteiger partial charge in [0, 0.05) is 7.05 Å². The number of nitrogens with one attached hydrogen (secondary N) is 1. The Morgan fingerprint density at radius 2 is 1.75 bits per heavy atom. The van der Waals surface area contributed by atoms with Crippen molar-refractivity contribution >= 4 is 0 Å². The summed E-state index contributed by atoms with van der Waals surface area (Å²) in [5, 5.41) is 2.92. The maximum Gasteiger partial charge on any atom is 0.00277 e. The van der Waals surface area contributed by atoms with Crippen LogP contribution in [0.1, 0.15) is 13.8 Å². The average molecular weight is 165 g/mol. The largest absolute Gasteiger partial charge is 0.394 e. The van der Waals surface area contributed by atoms with E-state index in [9.17, 15) is 0 Å². The maximum atomic E-state index is 3.70. The third-order valence-corrected chi connectivity index (χ3v) is 1.23. The van der Waals surface area contributed by atoms with Gasteiger partial charge in [-0.15, -0.1) is 13.2 Å². The lowest BCUT2D eigenvalue weighted by Gasteiger charge is -1.95. The van der Waals surface area contributed by atoms with E-state index in [4.69, 9.17) is 0 Å². The summed E-state index contributed by atoms with van der Waals surface area (Å²) in [4.78, 5) is 0. The van der Waals surface area contributed by atoms with Gasteiger partial charge >= 0.3 is 0 Å². The van der Waals surface area contributed by atoms with Crippen LogP contribution < -0.4 is 5.32 Å². The summed E-state index contributed by atoms with van der Waals surface area (Å²) in [6.07, 6.45) is 5.75. The van der Waals surface area contributed by atoms with E-state index in [0.717, 1.165) is 0 Å². The lowest BCUT2D eigenvalue weighted by atomic mass is 10.1. The van der Waals surface area contributed by atoms with Crippen LogP contribution in [0.2, 0.25) is 0 Å². The molecule has 0 aromatic heterocycles. The van der Waals surface area contributed by atoms with Gasteiger partial charge in [0.15, 0.2) is 0 Å². The van der Waals surface area contributed by atoms with Crippen LogP contribution in [-0.4, -0.2) is 7.05 Å². The fraction of sp³-hybridized carbons (Fsp3) is 0.273. The van der Waals surface area contributed by atoms with E-state index in [-0.39, 0.29) is 0 Å². The number of rotatable bonds is 3. The zero-order chi connectivity index (χ0) is 9.98. The highest BCUT2D eigenvalue weighted by atomic mass is 14.8. The van der Waals surface area contributed by atoms with Crippen LogP contribution in [0.15, 0.2) is 49.2 Å². The van der Waals surface area contributed by atoms with Crippen LogP contribution in [0.25, 0.3) is 0 Å². The van der Waals surface area contributed by atoms with E-state index in [2.05, 4.69) is 38.9 Å². The molecule has 0 aliphatic rings. The average Bonchev–Trinajstić information content (AvgIpc) is 2.09. The summed E-state index contributed by atoms with van der Waals surface area (Å²) in [7, 11) is 1.88. The van der Waals surface area contributed by atoms with Gasteiger partial charge in [-0.05, 0) is 31.7 Å². The highest BCUT2D eigenvalue weighted by molar-refractivity contribution is 5.32. The Labute approximate surface area is 76.2 Å². The highest BCUT2D eigenvalue weighted by Gasteiger charge is 1.85. The first-order valence-corrected chi connectivity index (χ1v) is 3.86. The molecule has 1 nitrogen and oxygen atoms in total. The maximum absolute atomic E-state index is 3.70. The predicted molar refractivity (Wildman–Crippen MR) is 58.0 cm³/mol. The minimum absolute atomic E-state index is 1.18. The van der Waals surface area contributed by atoms with Gasteiger partial charge in [-0.25, -0.2) is 0 Å². The summed E-state index contributed by atoms with van der Waals surface area (Å²) in [6.45, 7) is 13.8. The van der Waals surface area contributed by atoms with Crippen molar-refractivity contribution in [1.29, 1.82) is 0 Å². The Morgan fingerprint density at radius 1 is 1.25 bits per heavy atom. The fourth-order valence-electron chi connectivity index (χ4n) is 0.612. The first-order valence-electron chi connectivity index (χ1n) is 3.86. The first-order chi connectivity index (χ1) is 5.72. The second-order valence-corrected chi connectivity index (χ2v) is 2.28. The zero-order valence-corrected chi connectivity index (χ0v) is 8.35. The van der Waals surface area contributed by atoms with E-state index in [0.29, 0.717) is 0 Å². The molecule has 68 valence electrons. The fourth-order valence-corrected chi connectivity index (χ4v) is 0.612. The number of hydrogen-bond donors (Lipinski definition) is 1. The molecule has 0 spiro atoms. The number of hydrogen-bond acceptors (Lipinski definition) is 1. The monoisotopic (exact) mass is 165 g/mol. The molecule has 0 rings (SSSR count). The molecule has 0 atom stereocenters. The first kappa shape index (κ1) is 13.4. The summed E-state index contributed by atoms with van der Waals surface area (Å²) in [5.41, 5.74) is 2.45. The SMILES string of the molecule is C=C.C=CC(/C=C\NC)=C(C)C. The molecule has 0 aromatic rings.